The smallest absolute Gasteiger partial charge is 0.157 e. The molecule has 0 bridgehead atoms. The van der Waals surface area contributed by atoms with E-state index in [0.717, 1.165) is 37.9 Å². The van der Waals surface area contributed by atoms with Crippen molar-refractivity contribution >= 4 is 28.7 Å². The van der Waals surface area contributed by atoms with Crippen LogP contribution in [0.2, 0.25) is 5.02 Å². The van der Waals surface area contributed by atoms with Crippen molar-refractivity contribution in [2.24, 2.45) is 5.92 Å². The second-order valence-electron chi connectivity index (χ2n) is 6.19. The summed E-state index contributed by atoms with van der Waals surface area (Å²) in [6.45, 7) is 1.79. The van der Waals surface area contributed by atoms with E-state index in [1.54, 1.807) is 0 Å². The Morgan fingerprint density at radius 3 is 2.86 bits per heavy atom. The van der Waals surface area contributed by atoms with Crippen molar-refractivity contribution in [2.75, 3.05) is 6.54 Å². The molecule has 1 aromatic carbocycles. The molecule has 2 aromatic rings. The number of nitrogens with zero attached hydrogens (tertiary/aromatic N) is 1. The summed E-state index contributed by atoms with van der Waals surface area (Å²) in [5.74, 6) is 0.594. The number of halogens is 1. The summed E-state index contributed by atoms with van der Waals surface area (Å²) in [6, 6.07) is 9.82. The van der Waals surface area contributed by atoms with E-state index in [1.807, 2.05) is 35.6 Å². The Hall–Kier alpha value is -1.16. The van der Waals surface area contributed by atoms with Gasteiger partial charge in [0.1, 0.15) is 0 Å². The van der Waals surface area contributed by atoms with Crippen LogP contribution < -0.4 is 0 Å². The molecule has 2 aliphatic rings. The third-order valence-corrected chi connectivity index (χ3v) is 6.02. The highest BCUT2D eigenvalue weighted by Crippen LogP contribution is 2.40. The number of Topliss-reactive ketones (excluding diaryl/α,β-unsaturated/α-hetero) is 1. The number of benzene rings is 1. The van der Waals surface area contributed by atoms with Crippen LogP contribution in [0.15, 0.2) is 35.7 Å². The first-order valence-electron chi connectivity index (χ1n) is 7.81. The standard InChI is InChI=1S/C18H18ClNOS/c19-15-4-2-1-3-14(15)17(18(21)12-5-6-12)20-9-7-16-13(11-20)8-10-22-16/h1-4,8,10,12,17H,5-7,9,11H2. The molecular weight excluding hydrogens is 314 g/mol. The molecule has 0 amide bonds. The Kier molecular flexibility index (Phi) is 3.81. The molecule has 4 rings (SSSR count). The summed E-state index contributed by atoms with van der Waals surface area (Å²) >= 11 is 8.24. The summed E-state index contributed by atoms with van der Waals surface area (Å²) in [4.78, 5) is 16.7. The predicted octanol–water partition coefficient (Wildman–Crippen LogP) is 4.48. The third kappa shape index (κ3) is 2.62. The highest BCUT2D eigenvalue weighted by Gasteiger charge is 2.39. The fraction of sp³-hybridized carbons (Fsp3) is 0.389. The average Bonchev–Trinajstić information content (AvgIpc) is 3.27. The van der Waals surface area contributed by atoms with Gasteiger partial charge in [0.2, 0.25) is 0 Å². The molecule has 1 unspecified atom stereocenters. The van der Waals surface area contributed by atoms with Gasteiger partial charge in [0.05, 0.1) is 6.04 Å². The summed E-state index contributed by atoms with van der Waals surface area (Å²) in [5.41, 5.74) is 2.34. The molecule has 2 heterocycles. The van der Waals surface area contributed by atoms with E-state index in [0.29, 0.717) is 10.8 Å². The Morgan fingerprint density at radius 1 is 1.27 bits per heavy atom. The lowest BCUT2D eigenvalue weighted by molar-refractivity contribution is -0.126. The van der Waals surface area contributed by atoms with Crippen molar-refractivity contribution in [3.8, 4) is 0 Å². The monoisotopic (exact) mass is 331 g/mol. The van der Waals surface area contributed by atoms with Crippen LogP contribution in [0.25, 0.3) is 0 Å². The lowest BCUT2D eigenvalue weighted by Gasteiger charge is -2.34. The number of carbonyl (C=O) groups is 1. The van der Waals surface area contributed by atoms with Gasteiger partial charge in [-0.1, -0.05) is 29.8 Å². The van der Waals surface area contributed by atoms with E-state index in [2.05, 4.69) is 16.3 Å². The average molecular weight is 332 g/mol. The molecule has 1 aromatic heterocycles. The van der Waals surface area contributed by atoms with Crippen LogP contribution in [0.5, 0.6) is 0 Å². The van der Waals surface area contributed by atoms with Crippen LogP contribution in [0.1, 0.15) is 34.9 Å². The van der Waals surface area contributed by atoms with Crippen LogP contribution in [-0.4, -0.2) is 17.2 Å². The molecule has 1 atom stereocenters. The molecule has 1 aliphatic heterocycles. The lowest BCUT2D eigenvalue weighted by Crippen LogP contribution is -2.38. The zero-order chi connectivity index (χ0) is 15.1. The van der Waals surface area contributed by atoms with Crippen molar-refractivity contribution in [3.05, 3.63) is 56.7 Å². The fourth-order valence-electron chi connectivity index (χ4n) is 3.31. The first kappa shape index (κ1) is 14.4. The van der Waals surface area contributed by atoms with Gasteiger partial charge in [0.15, 0.2) is 5.78 Å². The first-order valence-corrected chi connectivity index (χ1v) is 9.07. The molecular formula is C18H18ClNOS. The normalized spacial score (nSPS) is 19.7. The second kappa shape index (κ2) is 5.80. The minimum atomic E-state index is -0.186. The maximum atomic E-state index is 12.9. The number of fused-ring (bicyclic) bond motifs is 1. The van der Waals surface area contributed by atoms with E-state index in [4.69, 9.17) is 11.6 Å². The number of rotatable bonds is 4. The SMILES string of the molecule is O=C(C1CC1)C(c1ccccc1Cl)N1CCc2sccc2C1. The summed E-state index contributed by atoms with van der Waals surface area (Å²) in [6.07, 6.45) is 3.11. The Bertz CT molecular complexity index is 707. The van der Waals surface area contributed by atoms with Crippen molar-refractivity contribution in [1.82, 2.24) is 4.90 Å². The maximum absolute atomic E-state index is 12.9. The van der Waals surface area contributed by atoms with Gasteiger partial charge in [-0.05, 0) is 47.9 Å². The van der Waals surface area contributed by atoms with Gasteiger partial charge in [-0.25, -0.2) is 0 Å². The predicted molar refractivity (Wildman–Crippen MR) is 90.4 cm³/mol. The second-order valence-corrected chi connectivity index (χ2v) is 7.60. The molecule has 0 saturated heterocycles. The van der Waals surface area contributed by atoms with Crippen LogP contribution in [0.3, 0.4) is 0 Å². The van der Waals surface area contributed by atoms with Crippen LogP contribution in [0, 0.1) is 5.92 Å². The molecule has 114 valence electrons. The Balaban J connectivity index is 1.69. The highest BCUT2D eigenvalue weighted by atomic mass is 35.5. The molecule has 4 heteroatoms. The van der Waals surface area contributed by atoms with Crippen molar-refractivity contribution < 1.29 is 4.79 Å². The number of ketones is 1. The van der Waals surface area contributed by atoms with Crippen molar-refractivity contribution in [3.63, 3.8) is 0 Å². The van der Waals surface area contributed by atoms with Gasteiger partial charge in [-0.3, -0.25) is 9.69 Å². The third-order valence-electron chi connectivity index (χ3n) is 4.65. The number of thiophene rings is 1. The quantitative estimate of drug-likeness (QED) is 0.823. The zero-order valence-electron chi connectivity index (χ0n) is 12.3. The Labute approximate surface area is 139 Å². The fourth-order valence-corrected chi connectivity index (χ4v) is 4.44. The van der Waals surface area contributed by atoms with Gasteiger partial charge in [0, 0.05) is 28.9 Å². The van der Waals surface area contributed by atoms with Crippen molar-refractivity contribution in [2.45, 2.75) is 31.8 Å². The lowest BCUT2D eigenvalue weighted by atomic mass is 9.95. The highest BCUT2D eigenvalue weighted by molar-refractivity contribution is 7.10. The minimum absolute atomic E-state index is 0.186. The van der Waals surface area contributed by atoms with Crippen LogP contribution in [-0.2, 0) is 17.8 Å². The summed E-state index contributed by atoms with van der Waals surface area (Å²) in [7, 11) is 0. The molecule has 2 nitrogen and oxygen atoms in total. The van der Waals surface area contributed by atoms with E-state index < -0.39 is 0 Å². The number of hydrogen-bond acceptors (Lipinski definition) is 3. The minimum Gasteiger partial charge on any atom is -0.297 e. The topological polar surface area (TPSA) is 20.3 Å². The van der Waals surface area contributed by atoms with Crippen molar-refractivity contribution in [1.29, 1.82) is 0 Å². The number of hydrogen-bond donors (Lipinski definition) is 0. The van der Waals surface area contributed by atoms with Gasteiger partial charge >= 0.3 is 0 Å². The molecule has 1 saturated carbocycles. The summed E-state index contributed by atoms with van der Waals surface area (Å²) in [5, 5.41) is 2.86. The first-order chi connectivity index (χ1) is 10.7. The van der Waals surface area contributed by atoms with E-state index in [1.165, 1.54) is 10.4 Å². The maximum Gasteiger partial charge on any atom is 0.157 e. The van der Waals surface area contributed by atoms with Gasteiger partial charge in [-0.2, -0.15) is 0 Å². The van der Waals surface area contributed by atoms with Gasteiger partial charge < -0.3 is 0 Å². The van der Waals surface area contributed by atoms with E-state index >= 15 is 0 Å². The molecule has 0 spiro atoms. The van der Waals surface area contributed by atoms with Gasteiger partial charge in [-0.15, -0.1) is 11.3 Å². The van der Waals surface area contributed by atoms with Gasteiger partial charge in [0.25, 0.3) is 0 Å². The summed E-state index contributed by atoms with van der Waals surface area (Å²) < 4.78 is 0. The van der Waals surface area contributed by atoms with E-state index in [-0.39, 0.29) is 12.0 Å². The molecule has 1 fully saturated rings. The van der Waals surface area contributed by atoms with E-state index in [9.17, 15) is 4.79 Å². The van der Waals surface area contributed by atoms with Crippen LogP contribution >= 0.6 is 22.9 Å². The molecule has 1 aliphatic carbocycles. The van der Waals surface area contributed by atoms with Crippen LogP contribution in [0.4, 0.5) is 0 Å². The Morgan fingerprint density at radius 2 is 2.09 bits per heavy atom. The molecule has 0 radical (unpaired) electrons. The zero-order valence-corrected chi connectivity index (χ0v) is 13.9. The number of carbonyl (C=O) groups excluding carboxylic acids is 1. The molecule has 22 heavy (non-hydrogen) atoms. The largest absolute Gasteiger partial charge is 0.297 e. The molecule has 0 N–H and O–H groups in total.